The van der Waals surface area contributed by atoms with Crippen molar-refractivity contribution in [2.24, 2.45) is 5.11 Å². The second-order valence-corrected chi connectivity index (χ2v) is 4.49. The fourth-order valence-electron chi connectivity index (χ4n) is 1.91. The fourth-order valence-corrected chi connectivity index (χ4v) is 2.17. The van der Waals surface area contributed by atoms with E-state index < -0.39 is 36.4 Å². The van der Waals surface area contributed by atoms with Crippen molar-refractivity contribution in [3.05, 3.63) is 37.8 Å². The van der Waals surface area contributed by atoms with Crippen LogP contribution < -0.4 is 5.56 Å². The van der Waals surface area contributed by atoms with Crippen molar-refractivity contribution in [1.29, 1.82) is 0 Å². The summed E-state index contributed by atoms with van der Waals surface area (Å²) in [4.78, 5) is 15.8. The third-order valence-corrected chi connectivity index (χ3v) is 3.24. The number of aromatic amines is 1. The zero-order chi connectivity index (χ0) is 14.9. The van der Waals surface area contributed by atoms with Gasteiger partial charge in [0.2, 0.25) is 5.72 Å². The van der Waals surface area contributed by atoms with Gasteiger partial charge in [-0.15, -0.1) is 0 Å². The molecule has 3 N–H and O–H groups in total. The molecule has 0 spiro atoms. The van der Waals surface area contributed by atoms with Gasteiger partial charge in [0.1, 0.15) is 6.10 Å². The molecule has 0 aromatic carbocycles. The number of nitrogens with one attached hydrogen (secondary N) is 1. The third kappa shape index (κ3) is 2.21. The van der Waals surface area contributed by atoms with E-state index in [-0.39, 0.29) is 4.77 Å². The molecule has 0 saturated carbocycles. The third-order valence-electron chi connectivity index (χ3n) is 2.93. The summed E-state index contributed by atoms with van der Waals surface area (Å²) >= 11 is 4.86. The zero-order valence-corrected chi connectivity index (χ0v) is 10.7. The van der Waals surface area contributed by atoms with Crippen molar-refractivity contribution in [1.82, 2.24) is 9.55 Å². The molecular weight excluding hydrogens is 293 g/mol. The molecule has 1 aliphatic heterocycles. The molecule has 1 aromatic heterocycles. The molecule has 0 aliphatic carbocycles. The lowest BCUT2D eigenvalue weighted by Gasteiger charge is -2.23. The van der Waals surface area contributed by atoms with Crippen LogP contribution in [0.15, 0.2) is 22.2 Å². The maximum Gasteiger partial charge on any atom is 0.251 e. The van der Waals surface area contributed by atoms with Crippen molar-refractivity contribution in [3.8, 4) is 0 Å². The number of aliphatic hydroxyl groups is 2. The number of hydrogen-bond donors (Lipinski definition) is 3. The van der Waals surface area contributed by atoms with Gasteiger partial charge in [-0.1, -0.05) is 5.11 Å². The quantitative estimate of drug-likeness (QED) is 0.315. The zero-order valence-electron chi connectivity index (χ0n) is 9.88. The lowest BCUT2D eigenvalue weighted by Crippen LogP contribution is -2.43. The lowest BCUT2D eigenvalue weighted by molar-refractivity contribution is -0.124. The first-order valence-corrected chi connectivity index (χ1v) is 5.84. The molecule has 1 unspecified atom stereocenters. The van der Waals surface area contributed by atoms with Crippen molar-refractivity contribution in [3.63, 3.8) is 0 Å². The summed E-state index contributed by atoms with van der Waals surface area (Å²) in [7, 11) is 0. The molecule has 9 nitrogen and oxygen atoms in total. The van der Waals surface area contributed by atoms with Crippen LogP contribution in [0.4, 0.5) is 4.39 Å². The molecule has 0 amide bonds. The van der Waals surface area contributed by atoms with Gasteiger partial charge in [-0.3, -0.25) is 14.3 Å². The van der Waals surface area contributed by atoms with Crippen LogP contribution in [0.3, 0.4) is 0 Å². The number of rotatable bonds is 3. The fraction of sp³-hybridized carbons (Fsp3) is 0.556. The van der Waals surface area contributed by atoms with Crippen LogP contribution in [-0.4, -0.2) is 44.4 Å². The number of nitrogens with zero attached hydrogens (tertiary/aromatic N) is 4. The summed E-state index contributed by atoms with van der Waals surface area (Å²) in [6.45, 7) is -0.911. The van der Waals surface area contributed by atoms with Crippen molar-refractivity contribution in [2.75, 3.05) is 6.61 Å². The standard InChI is InChI=1S/C9H10FN5O4S/c10-5-6(18)9(3-16,13-14-11)19-7(5)15-2-1-4(17)12-8(15)20/h1-2,5-7,16,18H,3H2,(H,12,17,20)/t5?,6-,7-,9-/m1/s1. The Balaban J connectivity index is 2.47. The Morgan fingerprint density at radius 1 is 1.75 bits per heavy atom. The first kappa shape index (κ1) is 14.6. The van der Waals surface area contributed by atoms with Gasteiger partial charge in [-0.05, 0) is 17.7 Å². The maximum absolute atomic E-state index is 14.1. The van der Waals surface area contributed by atoms with E-state index in [4.69, 9.17) is 22.5 Å². The van der Waals surface area contributed by atoms with Gasteiger partial charge in [-0.25, -0.2) is 4.39 Å². The lowest BCUT2D eigenvalue weighted by atomic mass is 10.1. The first-order valence-electron chi connectivity index (χ1n) is 5.44. The molecule has 0 bridgehead atoms. The van der Waals surface area contributed by atoms with Gasteiger partial charge in [0.25, 0.3) is 5.56 Å². The second kappa shape index (κ2) is 5.31. The largest absolute Gasteiger partial charge is 0.393 e. The predicted octanol–water partition coefficient (Wildman–Crippen LogP) is 0.133. The highest BCUT2D eigenvalue weighted by atomic mass is 32.1. The summed E-state index contributed by atoms with van der Waals surface area (Å²) in [5.41, 5.74) is 5.82. The van der Waals surface area contributed by atoms with E-state index in [2.05, 4.69) is 15.0 Å². The Morgan fingerprint density at radius 3 is 3.00 bits per heavy atom. The van der Waals surface area contributed by atoms with Gasteiger partial charge in [0.05, 0.1) is 6.61 Å². The maximum atomic E-state index is 14.1. The molecule has 1 fully saturated rings. The number of ether oxygens (including phenoxy) is 1. The van der Waals surface area contributed by atoms with Crippen LogP contribution in [-0.2, 0) is 4.74 Å². The molecule has 2 rings (SSSR count). The number of azide groups is 1. The predicted molar refractivity (Wildman–Crippen MR) is 65.9 cm³/mol. The van der Waals surface area contributed by atoms with Crippen LogP contribution in [0.1, 0.15) is 6.23 Å². The summed E-state index contributed by atoms with van der Waals surface area (Å²) in [5, 5.41) is 22.1. The Morgan fingerprint density at radius 2 is 2.45 bits per heavy atom. The van der Waals surface area contributed by atoms with Crippen LogP contribution in [0.25, 0.3) is 10.4 Å². The Labute approximate surface area is 115 Å². The van der Waals surface area contributed by atoms with E-state index >= 15 is 0 Å². The molecule has 20 heavy (non-hydrogen) atoms. The molecular formula is C9H10FN5O4S. The monoisotopic (exact) mass is 303 g/mol. The number of halogens is 1. The molecule has 108 valence electrons. The van der Waals surface area contributed by atoms with E-state index in [0.717, 1.165) is 10.6 Å². The summed E-state index contributed by atoms with van der Waals surface area (Å²) < 4.78 is 20.2. The van der Waals surface area contributed by atoms with Gasteiger partial charge >= 0.3 is 0 Å². The highest BCUT2D eigenvalue weighted by Gasteiger charge is 2.55. The minimum atomic E-state index is -2.14. The highest BCUT2D eigenvalue weighted by Crippen LogP contribution is 2.39. The molecule has 1 saturated heterocycles. The van der Waals surface area contributed by atoms with Gasteiger partial charge in [0.15, 0.2) is 17.2 Å². The average Bonchev–Trinajstić information content (AvgIpc) is 2.65. The average molecular weight is 303 g/mol. The van der Waals surface area contributed by atoms with Gasteiger partial charge < -0.3 is 14.9 Å². The smallest absolute Gasteiger partial charge is 0.251 e. The van der Waals surface area contributed by atoms with E-state index in [1.165, 1.54) is 6.20 Å². The molecule has 1 aliphatic rings. The molecule has 11 heteroatoms. The number of aromatic nitrogens is 2. The Kier molecular flexibility index (Phi) is 3.88. The number of alkyl halides is 1. The van der Waals surface area contributed by atoms with Gasteiger partial charge in [-0.2, -0.15) is 0 Å². The topological polar surface area (TPSA) is 136 Å². The van der Waals surface area contributed by atoms with Crippen LogP contribution in [0.5, 0.6) is 0 Å². The minimum Gasteiger partial charge on any atom is -0.393 e. The SMILES string of the molecule is [N-]=[N+]=N[C@]1(CO)O[C@@H](n2ccc(=O)[nH]c2=S)C(F)[C@H]1O. The highest BCUT2D eigenvalue weighted by molar-refractivity contribution is 7.71. The minimum absolute atomic E-state index is 0.132. The van der Waals surface area contributed by atoms with Crippen LogP contribution >= 0.6 is 12.2 Å². The first-order chi connectivity index (χ1) is 9.45. The number of H-pyrrole nitrogens is 1. The van der Waals surface area contributed by atoms with Crippen LogP contribution in [0, 0.1) is 4.77 Å². The number of aliphatic hydroxyl groups excluding tert-OH is 2. The molecule has 4 atom stereocenters. The second-order valence-electron chi connectivity index (χ2n) is 4.11. The number of hydrogen-bond acceptors (Lipinski definition) is 6. The van der Waals surface area contributed by atoms with Crippen molar-refractivity contribution in [2.45, 2.75) is 24.2 Å². The van der Waals surface area contributed by atoms with Crippen LogP contribution in [0.2, 0.25) is 0 Å². The normalized spacial score (nSPS) is 32.9. The Bertz CT molecular complexity index is 671. The summed E-state index contributed by atoms with van der Waals surface area (Å²) in [6, 6.07) is 1.09. The van der Waals surface area contributed by atoms with E-state index in [1.807, 2.05) is 0 Å². The summed E-state index contributed by atoms with van der Waals surface area (Å²) in [5.74, 6) is 0. The molecule has 2 heterocycles. The summed E-state index contributed by atoms with van der Waals surface area (Å²) in [6.07, 6.45) is -4.14. The van der Waals surface area contributed by atoms with Crippen molar-refractivity contribution >= 4 is 12.2 Å². The van der Waals surface area contributed by atoms with E-state index in [1.54, 1.807) is 0 Å². The Hall–Kier alpha value is -1.78. The molecule has 1 aromatic rings. The van der Waals surface area contributed by atoms with E-state index in [9.17, 15) is 19.4 Å². The van der Waals surface area contributed by atoms with Crippen molar-refractivity contribution < 1.29 is 19.3 Å². The van der Waals surface area contributed by atoms with E-state index in [0.29, 0.717) is 0 Å². The van der Waals surface area contributed by atoms with Gasteiger partial charge in [0, 0.05) is 17.2 Å². The molecule has 0 radical (unpaired) electrons.